The van der Waals surface area contributed by atoms with Crippen molar-refractivity contribution in [3.8, 4) is 22.7 Å². The van der Waals surface area contributed by atoms with Gasteiger partial charge in [0.1, 0.15) is 0 Å². The summed E-state index contributed by atoms with van der Waals surface area (Å²) in [6, 6.07) is 90.2. The topological polar surface area (TPSA) is 19.7 Å². The van der Waals surface area contributed by atoms with Crippen molar-refractivity contribution in [1.82, 2.24) is 18.3 Å². The fourth-order valence-corrected chi connectivity index (χ4v) is 13.0. The van der Waals surface area contributed by atoms with Crippen molar-refractivity contribution in [2.45, 2.75) is 20.8 Å². The zero-order valence-corrected chi connectivity index (χ0v) is 41.5. The Labute approximate surface area is 429 Å². The van der Waals surface area contributed by atoms with E-state index in [9.17, 15) is 0 Å². The molecule has 0 amide bonds. The Morgan fingerprint density at radius 2 is 0.622 bits per heavy atom. The molecular formula is C69H49BN4. The maximum Gasteiger partial charge on any atom is 0.242 e. The average Bonchev–Trinajstić information content (AvgIpc) is 4.19. The van der Waals surface area contributed by atoms with Gasteiger partial charge in [0.05, 0.1) is 44.1 Å². The highest BCUT2D eigenvalue weighted by atomic mass is 15.0. The number of fused-ring (bicyclic) bond motifs is 13. The van der Waals surface area contributed by atoms with Crippen LogP contribution >= 0.6 is 0 Å². The normalized spacial score (nSPS) is 12.0. The van der Waals surface area contributed by atoms with E-state index >= 15 is 0 Å². The molecule has 0 spiro atoms. The molecule has 0 atom stereocenters. The Bertz CT molecular complexity index is 4740. The van der Waals surface area contributed by atoms with Gasteiger partial charge in [-0.3, -0.25) is 0 Å². The van der Waals surface area contributed by atoms with Crippen molar-refractivity contribution < 1.29 is 0 Å². The molecule has 348 valence electrons. The number of para-hydroxylation sites is 6. The molecule has 15 aromatic rings. The van der Waals surface area contributed by atoms with Gasteiger partial charge in [0.2, 0.25) is 6.71 Å². The Balaban J connectivity index is 0.978. The first-order valence-corrected chi connectivity index (χ1v) is 25.8. The highest BCUT2D eigenvalue weighted by Crippen LogP contribution is 2.43. The summed E-state index contributed by atoms with van der Waals surface area (Å²) in [5.41, 5.74) is 21.8. The number of aryl methyl sites for hydroxylation is 3. The Hall–Kier alpha value is -9.32. The van der Waals surface area contributed by atoms with E-state index in [-0.39, 0.29) is 6.71 Å². The molecule has 0 bridgehead atoms. The quantitative estimate of drug-likeness (QED) is 0.142. The summed E-state index contributed by atoms with van der Waals surface area (Å²) < 4.78 is 9.93. The molecule has 0 saturated heterocycles. The number of hydrogen-bond acceptors (Lipinski definition) is 0. The van der Waals surface area contributed by atoms with E-state index in [1.54, 1.807) is 0 Å². The highest BCUT2D eigenvalue weighted by Gasteiger charge is 2.28. The van der Waals surface area contributed by atoms with Gasteiger partial charge in [-0.05, 0) is 106 Å². The largest absolute Gasteiger partial charge is 0.309 e. The molecule has 0 N–H and O–H groups in total. The van der Waals surface area contributed by atoms with Gasteiger partial charge >= 0.3 is 0 Å². The van der Waals surface area contributed by atoms with Crippen molar-refractivity contribution in [3.05, 3.63) is 259 Å². The number of benzene rings is 11. The maximum absolute atomic E-state index is 2.53. The fraction of sp³-hybridized carbons (Fsp3) is 0.0435. The highest BCUT2D eigenvalue weighted by molar-refractivity contribution is 6.96. The molecule has 15 rings (SSSR count). The van der Waals surface area contributed by atoms with Gasteiger partial charge < -0.3 is 18.3 Å². The molecule has 4 aromatic heterocycles. The molecule has 0 aliphatic rings. The minimum atomic E-state index is -0.0696. The van der Waals surface area contributed by atoms with Crippen LogP contribution in [-0.2, 0) is 0 Å². The third-order valence-electron chi connectivity index (χ3n) is 15.9. The van der Waals surface area contributed by atoms with Crippen molar-refractivity contribution >= 4 is 110 Å². The van der Waals surface area contributed by atoms with Crippen LogP contribution < -0.4 is 16.4 Å². The molecule has 0 aliphatic carbocycles. The molecule has 4 heterocycles. The van der Waals surface area contributed by atoms with Gasteiger partial charge in [0.25, 0.3) is 0 Å². The molecule has 0 radical (unpaired) electrons. The van der Waals surface area contributed by atoms with Crippen LogP contribution in [-0.4, -0.2) is 25.0 Å². The van der Waals surface area contributed by atoms with Crippen molar-refractivity contribution in [1.29, 1.82) is 0 Å². The van der Waals surface area contributed by atoms with E-state index in [0.29, 0.717) is 0 Å². The van der Waals surface area contributed by atoms with E-state index in [4.69, 9.17) is 0 Å². The van der Waals surface area contributed by atoms with Gasteiger partial charge in [-0.15, -0.1) is 0 Å². The lowest BCUT2D eigenvalue weighted by atomic mass is 9.35. The predicted molar refractivity (Wildman–Crippen MR) is 316 cm³/mol. The van der Waals surface area contributed by atoms with Crippen molar-refractivity contribution in [2.24, 2.45) is 0 Å². The predicted octanol–water partition coefficient (Wildman–Crippen LogP) is 15.5. The molecule has 11 aromatic carbocycles. The smallest absolute Gasteiger partial charge is 0.242 e. The molecule has 4 nitrogen and oxygen atoms in total. The van der Waals surface area contributed by atoms with Crippen LogP contribution in [0.2, 0.25) is 0 Å². The zero-order valence-electron chi connectivity index (χ0n) is 41.5. The Morgan fingerprint density at radius 1 is 0.257 bits per heavy atom. The standard InChI is InChI=1S/C69H49BN4/c1-44-38-45(2)67(46(3)39-44)70(47-20-18-26-51(40-47)72-62-33-15-13-31-56(62)60-42-59-55-30-12-14-32-61(55)71(65(59)43-66(60)72)49-22-6-4-7-23-49)48-21-19-27-52(41-48)74-64-35-17-11-29-54(64)58-37-36-57-53-28-10-16-34-63(53)73(68(57)69(58)74)50-24-8-5-9-25-50/h4-43H,1-3H3. The number of rotatable bonds is 7. The molecule has 0 aliphatic heterocycles. The SMILES string of the molecule is Cc1cc(C)c(B(c2cccc(-n3c4ccccc4c4cc5c6ccccc6n(-c6ccccc6)c5cc43)c2)c2cccc(-n3c4ccccc4c4ccc5c6ccccc6n(-c6ccccc6)c5c43)c2)c(C)c1. The molecule has 0 unspecified atom stereocenters. The fourth-order valence-electron chi connectivity index (χ4n) is 13.0. The molecule has 5 heteroatoms. The van der Waals surface area contributed by atoms with E-state index in [1.165, 1.54) is 120 Å². The lowest BCUT2D eigenvalue weighted by Crippen LogP contribution is -2.54. The third-order valence-corrected chi connectivity index (χ3v) is 15.9. The van der Waals surface area contributed by atoms with E-state index in [2.05, 4.69) is 282 Å². The van der Waals surface area contributed by atoms with Crippen LogP contribution in [0, 0.1) is 20.8 Å². The lowest BCUT2D eigenvalue weighted by molar-refractivity contribution is 1.15. The van der Waals surface area contributed by atoms with Crippen LogP contribution in [0.5, 0.6) is 0 Å². The number of hydrogen-bond donors (Lipinski definition) is 0. The number of nitrogens with zero attached hydrogens (tertiary/aromatic N) is 4. The summed E-state index contributed by atoms with van der Waals surface area (Å²) >= 11 is 0. The van der Waals surface area contributed by atoms with Gasteiger partial charge in [-0.1, -0.05) is 191 Å². The second-order valence-corrected chi connectivity index (χ2v) is 20.3. The van der Waals surface area contributed by atoms with E-state index in [0.717, 1.165) is 22.7 Å². The summed E-state index contributed by atoms with van der Waals surface area (Å²) in [5.74, 6) is 0. The Morgan fingerprint density at radius 3 is 1.11 bits per heavy atom. The summed E-state index contributed by atoms with van der Waals surface area (Å²) in [5, 5.41) is 9.96. The van der Waals surface area contributed by atoms with Crippen LogP contribution in [0.15, 0.2) is 243 Å². The van der Waals surface area contributed by atoms with Crippen LogP contribution in [0.1, 0.15) is 16.7 Å². The van der Waals surface area contributed by atoms with Crippen molar-refractivity contribution in [3.63, 3.8) is 0 Å². The Kier molecular flexibility index (Phi) is 9.37. The minimum Gasteiger partial charge on any atom is -0.309 e. The maximum atomic E-state index is 2.53. The van der Waals surface area contributed by atoms with Gasteiger partial charge in [0.15, 0.2) is 0 Å². The van der Waals surface area contributed by atoms with Crippen molar-refractivity contribution in [2.75, 3.05) is 0 Å². The van der Waals surface area contributed by atoms with Crippen LogP contribution in [0.3, 0.4) is 0 Å². The minimum absolute atomic E-state index is 0.0696. The monoisotopic (exact) mass is 944 g/mol. The summed E-state index contributed by atoms with van der Waals surface area (Å²) in [6.07, 6.45) is 0. The number of aromatic nitrogens is 4. The molecule has 74 heavy (non-hydrogen) atoms. The van der Waals surface area contributed by atoms with Crippen LogP contribution in [0.25, 0.3) is 110 Å². The van der Waals surface area contributed by atoms with E-state index < -0.39 is 0 Å². The molecular weight excluding hydrogens is 896 g/mol. The van der Waals surface area contributed by atoms with Crippen LogP contribution in [0.4, 0.5) is 0 Å². The second kappa shape index (κ2) is 16.4. The molecule has 0 saturated carbocycles. The first-order chi connectivity index (χ1) is 36.5. The summed E-state index contributed by atoms with van der Waals surface area (Å²) in [7, 11) is 0. The second-order valence-electron chi connectivity index (χ2n) is 20.3. The first kappa shape index (κ1) is 42.4. The lowest BCUT2D eigenvalue weighted by Gasteiger charge is -2.23. The zero-order chi connectivity index (χ0) is 49.2. The van der Waals surface area contributed by atoms with E-state index in [1.807, 2.05) is 0 Å². The van der Waals surface area contributed by atoms with Gasteiger partial charge in [0, 0.05) is 65.8 Å². The van der Waals surface area contributed by atoms with Gasteiger partial charge in [-0.2, -0.15) is 0 Å². The third kappa shape index (κ3) is 6.23. The first-order valence-electron chi connectivity index (χ1n) is 25.8. The molecule has 0 fully saturated rings. The average molecular weight is 945 g/mol. The summed E-state index contributed by atoms with van der Waals surface area (Å²) in [6.45, 7) is 6.74. The van der Waals surface area contributed by atoms with Gasteiger partial charge in [-0.25, -0.2) is 0 Å². The summed E-state index contributed by atoms with van der Waals surface area (Å²) in [4.78, 5) is 0.